The number of benzene rings is 7. The Hall–Kier alpha value is -6.88. The van der Waals surface area contributed by atoms with Crippen LogP contribution in [0.5, 0.6) is 0 Å². The van der Waals surface area contributed by atoms with Crippen LogP contribution in [0.3, 0.4) is 0 Å². The Bertz CT molecular complexity index is 2750. The lowest BCUT2D eigenvalue weighted by Crippen LogP contribution is -1.97. The molecule has 9 rings (SSSR count). The Morgan fingerprint density at radius 2 is 1.04 bits per heavy atom. The van der Waals surface area contributed by atoms with Crippen molar-refractivity contribution in [3.05, 3.63) is 175 Å². The van der Waals surface area contributed by atoms with Gasteiger partial charge in [-0.2, -0.15) is 5.26 Å². The summed E-state index contributed by atoms with van der Waals surface area (Å²) in [6.07, 6.45) is 0. The van der Waals surface area contributed by atoms with E-state index in [0.717, 1.165) is 66.5 Å². The van der Waals surface area contributed by atoms with E-state index in [4.69, 9.17) is 6.57 Å². The highest BCUT2D eigenvalue weighted by Gasteiger charge is 2.17. The van der Waals surface area contributed by atoms with Crippen LogP contribution in [0.2, 0.25) is 0 Å². The second-order valence-electron chi connectivity index (χ2n) is 12.0. The lowest BCUT2D eigenvalue weighted by molar-refractivity contribution is 1.18. The zero-order valence-corrected chi connectivity index (χ0v) is 25.8. The standard InChI is InChI=1S/C44H26N4/c1-46-32-22-25-38-37-13-3-7-15-41(37)47(44(38)27-32)33-23-20-29(21-24-33)39-26-30(18-19-31(39)28-45)34-10-2-6-14-40(34)48-42-16-8-4-11-35(42)36-12-5-9-17-43(36)48/h2-27H. The van der Waals surface area contributed by atoms with Gasteiger partial charge in [0.05, 0.1) is 40.4 Å². The zero-order chi connectivity index (χ0) is 32.2. The molecule has 0 atom stereocenters. The minimum atomic E-state index is 0.611. The molecule has 2 aromatic heterocycles. The summed E-state index contributed by atoms with van der Waals surface area (Å²) in [6, 6.07) is 56.7. The first-order chi connectivity index (χ1) is 23.7. The normalized spacial score (nSPS) is 11.3. The third-order valence-corrected chi connectivity index (χ3v) is 9.40. The summed E-state index contributed by atoms with van der Waals surface area (Å²) in [6.45, 7) is 7.58. The van der Waals surface area contributed by atoms with Crippen molar-refractivity contribution < 1.29 is 0 Å². The van der Waals surface area contributed by atoms with E-state index in [1.807, 2.05) is 36.4 Å². The van der Waals surface area contributed by atoms with Gasteiger partial charge in [0.1, 0.15) is 0 Å². The molecule has 0 aliphatic carbocycles. The van der Waals surface area contributed by atoms with Gasteiger partial charge in [0, 0.05) is 43.9 Å². The van der Waals surface area contributed by atoms with E-state index in [2.05, 4.69) is 141 Å². The van der Waals surface area contributed by atoms with Crippen molar-refractivity contribution in [2.24, 2.45) is 0 Å². The molecule has 4 nitrogen and oxygen atoms in total. The van der Waals surface area contributed by atoms with Gasteiger partial charge in [0.15, 0.2) is 5.69 Å². The third-order valence-electron chi connectivity index (χ3n) is 9.40. The Balaban J connectivity index is 1.19. The van der Waals surface area contributed by atoms with Gasteiger partial charge >= 0.3 is 0 Å². The summed E-state index contributed by atoms with van der Waals surface area (Å²) in [5.41, 5.74) is 11.7. The minimum absolute atomic E-state index is 0.611. The fourth-order valence-electron chi connectivity index (χ4n) is 7.24. The zero-order valence-electron chi connectivity index (χ0n) is 25.8. The highest BCUT2D eigenvalue weighted by molar-refractivity contribution is 6.11. The van der Waals surface area contributed by atoms with Crippen LogP contribution in [0.25, 0.3) is 82.1 Å². The van der Waals surface area contributed by atoms with Crippen molar-refractivity contribution in [2.45, 2.75) is 0 Å². The fourth-order valence-corrected chi connectivity index (χ4v) is 7.24. The Labute approximate surface area is 277 Å². The van der Waals surface area contributed by atoms with E-state index < -0.39 is 0 Å². The van der Waals surface area contributed by atoms with Crippen LogP contribution in [0.1, 0.15) is 5.56 Å². The molecular formula is C44H26N4. The second kappa shape index (κ2) is 10.9. The lowest BCUT2D eigenvalue weighted by atomic mass is 9.94. The van der Waals surface area contributed by atoms with Gasteiger partial charge in [-0.05, 0) is 65.7 Å². The first kappa shape index (κ1) is 27.4. The molecule has 0 fully saturated rings. The summed E-state index contributed by atoms with van der Waals surface area (Å²) < 4.78 is 4.56. The number of fused-ring (bicyclic) bond motifs is 6. The van der Waals surface area contributed by atoms with Crippen molar-refractivity contribution in [3.8, 4) is 39.7 Å². The molecule has 2 heterocycles. The topological polar surface area (TPSA) is 38.0 Å². The Kier molecular flexibility index (Phi) is 6.22. The van der Waals surface area contributed by atoms with Gasteiger partial charge in [-0.1, -0.05) is 103 Å². The summed E-state index contributed by atoms with van der Waals surface area (Å²) >= 11 is 0. The number of para-hydroxylation sites is 4. The van der Waals surface area contributed by atoms with Gasteiger partial charge in [-0.3, -0.25) is 0 Å². The van der Waals surface area contributed by atoms with Crippen LogP contribution in [0.4, 0.5) is 5.69 Å². The van der Waals surface area contributed by atoms with E-state index in [1.165, 1.54) is 10.8 Å². The molecule has 0 unspecified atom stereocenters. The molecule has 9 aromatic rings. The molecule has 48 heavy (non-hydrogen) atoms. The maximum Gasteiger partial charge on any atom is 0.189 e. The van der Waals surface area contributed by atoms with E-state index >= 15 is 0 Å². The molecule has 4 heteroatoms. The number of hydrogen-bond donors (Lipinski definition) is 0. The van der Waals surface area contributed by atoms with Gasteiger partial charge in [0.25, 0.3) is 0 Å². The predicted octanol–water partition coefficient (Wildman–Crippen LogP) is 11.6. The van der Waals surface area contributed by atoms with Crippen LogP contribution < -0.4 is 0 Å². The number of aromatic nitrogens is 2. The lowest BCUT2D eigenvalue weighted by Gasteiger charge is -2.16. The molecular weight excluding hydrogens is 585 g/mol. The monoisotopic (exact) mass is 610 g/mol. The molecule has 0 saturated carbocycles. The molecule has 0 aliphatic rings. The number of rotatable bonds is 4. The van der Waals surface area contributed by atoms with Gasteiger partial charge in [-0.25, -0.2) is 4.85 Å². The first-order valence-electron chi connectivity index (χ1n) is 15.9. The number of nitrogens with zero attached hydrogens (tertiary/aromatic N) is 4. The average molecular weight is 611 g/mol. The molecule has 0 spiro atoms. The van der Waals surface area contributed by atoms with E-state index in [-0.39, 0.29) is 0 Å². The molecule has 0 amide bonds. The van der Waals surface area contributed by atoms with Crippen LogP contribution in [0, 0.1) is 17.9 Å². The summed E-state index contributed by atoms with van der Waals surface area (Å²) in [7, 11) is 0. The SMILES string of the molecule is [C-]#[N+]c1ccc2c3ccccc3n(-c3ccc(-c4cc(-c5ccccc5-n5c6ccccc6c6ccccc65)ccc4C#N)cc3)c2c1. The van der Waals surface area contributed by atoms with E-state index in [0.29, 0.717) is 11.3 Å². The number of nitriles is 1. The molecule has 7 aromatic carbocycles. The largest absolute Gasteiger partial charge is 0.311 e. The van der Waals surface area contributed by atoms with Crippen molar-refractivity contribution in [3.63, 3.8) is 0 Å². The first-order valence-corrected chi connectivity index (χ1v) is 15.9. The maximum absolute atomic E-state index is 10.2. The summed E-state index contributed by atoms with van der Waals surface area (Å²) in [4.78, 5) is 3.69. The van der Waals surface area contributed by atoms with Crippen molar-refractivity contribution >= 4 is 49.3 Å². The van der Waals surface area contributed by atoms with Crippen LogP contribution in [0.15, 0.2) is 158 Å². The maximum atomic E-state index is 10.2. The molecule has 0 N–H and O–H groups in total. The van der Waals surface area contributed by atoms with Crippen molar-refractivity contribution in [1.82, 2.24) is 9.13 Å². The Morgan fingerprint density at radius 1 is 0.479 bits per heavy atom. The smallest absolute Gasteiger partial charge is 0.189 e. The summed E-state index contributed by atoms with van der Waals surface area (Å²) in [5, 5.41) is 14.9. The van der Waals surface area contributed by atoms with Crippen LogP contribution in [-0.4, -0.2) is 9.13 Å². The van der Waals surface area contributed by atoms with Crippen molar-refractivity contribution in [1.29, 1.82) is 5.26 Å². The molecule has 0 radical (unpaired) electrons. The van der Waals surface area contributed by atoms with E-state index in [1.54, 1.807) is 0 Å². The molecule has 0 bridgehead atoms. The fraction of sp³-hybridized carbons (Fsp3) is 0. The minimum Gasteiger partial charge on any atom is -0.311 e. The van der Waals surface area contributed by atoms with Gasteiger partial charge in [0.2, 0.25) is 0 Å². The average Bonchev–Trinajstić information content (AvgIpc) is 3.67. The molecule has 0 aliphatic heterocycles. The van der Waals surface area contributed by atoms with Crippen LogP contribution >= 0.6 is 0 Å². The van der Waals surface area contributed by atoms with Crippen LogP contribution in [-0.2, 0) is 0 Å². The summed E-state index contributed by atoms with van der Waals surface area (Å²) in [5.74, 6) is 0. The van der Waals surface area contributed by atoms with Gasteiger partial charge < -0.3 is 9.13 Å². The predicted molar refractivity (Wildman–Crippen MR) is 197 cm³/mol. The quantitative estimate of drug-likeness (QED) is 0.183. The van der Waals surface area contributed by atoms with Crippen molar-refractivity contribution in [2.75, 3.05) is 0 Å². The van der Waals surface area contributed by atoms with Gasteiger partial charge in [-0.15, -0.1) is 0 Å². The highest BCUT2D eigenvalue weighted by Crippen LogP contribution is 2.39. The molecule has 0 saturated heterocycles. The van der Waals surface area contributed by atoms with E-state index in [9.17, 15) is 5.26 Å². The third kappa shape index (κ3) is 4.14. The number of hydrogen-bond acceptors (Lipinski definition) is 1. The molecule has 222 valence electrons. The Morgan fingerprint density at radius 3 is 1.69 bits per heavy atom. The highest BCUT2D eigenvalue weighted by atomic mass is 15.0. The second-order valence-corrected chi connectivity index (χ2v) is 12.0.